The van der Waals surface area contributed by atoms with Crippen LogP contribution in [-0.4, -0.2) is 10.9 Å². The van der Waals surface area contributed by atoms with Crippen molar-refractivity contribution < 1.29 is 22.2 Å². The first kappa shape index (κ1) is 21.0. The molecule has 1 aliphatic rings. The summed E-state index contributed by atoms with van der Waals surface area (Å²) in [5.41, 5.74) is 2.26. The van der Waals surface area contributed by atoms with Gasteiger partial charge in [-0.25, -0.2) is 12.1 Å². The molecule has 0 amide bonds. The summed E-state index contributed by atoms with van der Waals surface area (Å²) in [6.45, 7) is 0. The number of halogens is 1. The molecule has 1 nitrogen and oxygen atoms in total. The Morgan fingerprint density at radius 2 is 1.67 bits per heavy atom. The van der Waals surface area contributed by atoms with Gasteiger partial charge < -0.3 is 5.11 Å². The van der Waals surface area contributed by atoms with Crippen molar-refractivity contribution in [3.05, 3.63) is 100 Å². The summed E-state index contributed by atoms with van der Waals surface area (Å²) in [6, 6.07) is 18.4. The third kappa shape index (κ3) is 8.16. The average molecular weight is 444 g/mol. The van der Waals surface area contributed by atoms with Gasteiger partial charge in [-0.3, -0.25) is 0 Å². The van der Waals surface area contributed by atoms with E-state index in [0.29, 0.717) is 5.76 Å². The number of benzene rings is 1. The maximum Gasteiger partial charge on any atom is 0.100 e. The Bertz CT molecular complexity index is 626. The molecule has 0 radical (unpaired) electrons. The molecule has 2 aromatic carbocycles. The van der Waals surface area contributed by atoms with Gasteiger partial charge in [0, 0.05) is 45.0 Å². The number of allylic oxidation sites excluding steroid dienone is 6. The zero-order chi connectivity index (χ0) is 16.3. The van der Waals surface area contributed by atoms with Crippen molar-refractivity contribution in [2.45, 2.75) is 12.2 Å². The first-order valence-corrected chi connectivity index (χ1v) is 9.46. The van der Waals surface area contributed by atoms with Gasteiger partial charge in [0.15, 0.2) is 0 Å². The van der Waals surface area contributed by atoms with Crippen molar-refractivity contribution in [3.8, 4) is 0 Å². The van der Waals surface area contributed by atoms with Crippen LogP contribution < -0.4 is 0 Å². The topological polar surface area (TPSA) is 20.2 Å². The van der Waals surface area contributed by atoms with Gasteiger partial charge in [-0.15, -0.1) is 0 Å². The summed E-state index contributed by atoms with van der Waals surface area (Å²) in [7, 11) is 0. The van der Waals surface area contributed by atoms with Gasteiger partial charge in [0.25, 0.3) is 0 Å². The molecular formula is C20H20BrFeOS-. The van der Waals surface area contributed by atoms with E-state index < -0.39 is 0 Å². The SMILES string of the molecule is OC(CCSCc1ccc(Br)cc1)=C1C=CC=C1.[Fe].c1cc[cH-]c1. The zero-order valence-corrected chi connectivity index (χ0v) is 16.7. The molecule has 1 aliphatic carbocycles. The van der Waals surface area contributed by atoms with E-state index in [1.54, 1.807) is 0 Å². The fraction of sp³-hybridized carbons (Fsp3) is 0.150. The summed E-state index contributed by atoms with van der Waals surface area (Å²) < 4.78 is 1.11. The molecule has 3 rings (SSSR count). The molecule has 2 aromatic rings. The van der Waals surface area contributed by atoms with E-state index in [-0.39, 0.29) is 17.1 Å². The number of aliphatic hydroxyl groups is 1. The Labute approximate surface area is 167 Å². The smallest absolute Gasteiger partial charge is 0.100 e. The van der Waals surface area contributed by atoms with E-state index in [0.717, 1.165) is 28.0 Å². The standard InChI is InChI=1S/C15H15BrOS.C5H5.Fe/c16-14-7-5-12(6-8-14)11-18-10-9-15(17)13-3-1-2-4-13;1-2-4-5-3-1;/h1-8,17H,9-11H2;1-5H;/q;-1;. The van der Waals surface area contributed by atoms with Gasteiger partial charge >= 0.3 is 0 Å². The van der Waals surface area contributed by atoms with E-state index in [2.05, 4.69) is 40.2 Å². The quantitative estimate of drug-likeness (QED) is 0.249. The third-order valence-electron chi connectivity index (χ3n) is 3.22. The number of hydrogen-bond donors (Lipinski definition) is 1. The van der Waals surface area contributed by atoms with E-state index >= 15 is 0 Å². The first-order valence-electron chi connectivity index (χ1n) is 7.51. The first-order chi connectivity index (χ1) is 11.3. The van der Waals surface area contributed by atoms with Crippen molar-refractivity contribution in [1.82, 2.24) is 0 Å². The van der Waals surface area contributed by atoms with E-state index in [1.165, 1.54) is 5.56 Å². The molecule has 0 aliphatic heterocycles. The van der Waals surface area contributed by atoms with Gasteiger partial charge in [-0.1, -0.05) is 52.4 Å². The van der Waals surface area contributed by atoms with Gasteiger partial charge in [-0.05, 0) is 17.7 Å². The van der Waals surface area contributed by atoms with Gasteiger partial charge in [0.05, 0.1) is 0 Å². The average Bonchev–Trinajstić information content (AvgIpc) is 3.28. The minimum Gasteiger partial charge on any atom is -0.512 e. The Balaban J connectivity index is 0.000000412. The van der Waals surface area contributed by atoms with Crippen molar-refractivity contribution >= 4 is 27.7 Å². The molecule has 24 heavy (non-hydrogen) atoms. The second-order valence-electron chi connectivity index (χ2n) is 5.01. The van der Waals surface area contributed by atoms with Crippen molar-refractivity contribution in [2.24, 2.45) is 0 Å². The summed E-state index contributed by atoms with van der Waals surface area (Å²) in [6.07, 6.45) is 8.50. The van der Waals surface area contributed by atoms with Crippen LogP contribution in [0.4, 0.5) is 0 Å². The molecule has 0 aromatic heterocycles. The number of aliphatic hydroxyl groups excluding tert-OH is 1. The maximum absolute atomic E-state index is 9.84. The Morgan fingerprint density at radius 1 is 1.04 bits per heavy atom. The minimum absolute atomic E-state index is 0. The Morgan fingerprint density at radius 3 is 2.21 bits per heavy atom. The summed E-state index contributed by atoms with van der Waals surface area (Å²) in [5.74, 6) is 2.41. The molecule has 0 atom stereocenters. The van der Waals surface area contributed by atoms with Crippen LogP contribution in [0.25, 0.3) is 0 Å². The minimum atomic E-state index is 0. The molecule has 0 fully saturated rings. The molecule has 128 valence electrons. The van der Waals surface area contributed by atoms with E-state index in [1.807, 2.05) is 66.4 Å². The largest absolute Gasteiger partial charge is 0.512 e. The van der Waals surface area contributed by atoms with Crippen LogP contribution in [0.5, 0.6) is 0 Å². The van der Waals surface area contributed by atoms with Crippen LogP contribution in [0.15, 0.2) is 94.7 Å². The van der Waals surface area contributed by atoms with Gasteiger partial charge in [0.2, 0.25) is 0 Å². The van der Waals surface area contributed by atoms with Crippen molar-refractivity contribution in [2.75, 3.05) is 5.75 Å². The second-order valence-corrected chi connectivity index (χ2v) is 7.03. The van der Waals surface area contributed by atoms with Gasteiger partial charge in [0.1, 0.15) is 5.76 Å². The van der Waals surface area contributed by atoms with Crippen molar-refractivity contribution in [3.63, 3.8) is 0 Å². The summed E-state index contributed by atoms with van der Waals surface area (Å²) in [4.78, 5) is 0. The normalized spacial score (nSPS) is 11.6. The number of rotatable bonds is 5. The van der Waals surface area contributed by atoms with Gasteiger partial charge in [-0.2, -0.15) is 30.0 Å². The zero-order valence-electron chi connectivity index (χ0n) is 13.2. The third-order valence-corrected chi connectivity index (χ3v) is 4.78. The Kier molecular flexibility index (Phi) is 10.8. The molecule has 1 N–H and O–H groups in total. The fourth-order valence-corrected chi connectivity index (χ4v) is 3.15. The van der Waals surface area contributed by atoms with Crippen LogP contribution in [0.1, 0.15) is 12.0 Å². The molecule has 0 unspecified atom stereocenters. The second kappa shape index (κ2) is 12.3. The van der Waals surface area contributed by atoms with Crippen LogP contribution in [0, 0.1) is 0 Å². The molecule has 0 heterocycles. The van der Waals surface area contributed by atoms with Crippen LogP contribution in [0.2, 0.25) is 0 Å². The predicted molar refractivity (Wildman–Crippen MR) is 105 cm³/mol. The molecule has 0 spiro atoms. The molecule has 0 saturated carbocycles. The maximum atomic E-state index is 9.84. The molecular weight excluding hydrogens is 424 g/mol. The van der Waals surface area contributed by atoms with Crippen LogP contribution in [-0.2, 0) is 22.8 Å². The summed E-state index contributed by atoms with van der Waals surface area (Å²) >= 11 is 5.27. The molecule has 4 heteroatoms. The van der Waals surface area contributed by atoms with Crippen molar-refractivity contribution in [1.29, 1.82) is 0 Å². The fourth-order valence-electron chi connectivity index (χ4n) is 1.97. The summed E-state index contributed by atoms with van der Waals surface area (Å²) in [5, 5.41) is 9.84. The monoisotopic (exact) mass is 443 g/mol. The van der Waals surface area contributed by atoms with E-state index in [4.69, 9.17) is 0 Å². The predicted octanol–water partition coefficient (Wildman–Crippen LogP) is 6.41. The molecule has 0 bridgehead atoms. The number of thioether (sulfide) groups is 1. The van der Waals surface area contributed by atoms with Crippen LogP contribution >= 0.6 is 27.7 Å². The number of hydrogen-bond acceptors (Lipinski definition) is 2. The van der Waals surface area contributed by atoms with E-state index in [9.17, 15) is 5.11 Å². The Hall–Kier alpha value is -1.06. The van der Waals surface area contributed by atoms with Crippen LogP contribution in [0.3, 0.4) is 0 Å². The molecule has 0 saturated heterocycles.